The number of carbonyl (C=O) groups excluding carboxylic acids is 1. The van der Waals surface area contributed by atoms with Crippen molar-refractivity contribution in [3.8, 4) is 11.8 Å². The zero-order chi connectivity index (χ0) is 12.1. The maximum Gasteiger partial charge on any atom is 0.161 e. The smallest absolute Gasteiger partial charge is 0.161 e. The number of carbonyl (C=O) groups is 1. The largest absolute Gasteiger partial charge is 0.342 e. The van der Waals surface area contributed by atoms with Crippen LogP contribution in [0.5, 0.6) is 0 Å². The Labute approximate surface area is 101 Å². The van der Waals surface area contributed by atoms with Crippen molar-refractivity contribution in [3.63, 3.8) is 0 Å². The van der Waals surface area contributed by atoms with E-state index in [1.165, 1.54) is 0 Å². The molecule has 84 valence electrons. The Balaban J connectivity index is 2.03. The van der Waals surface area contributed by atoms with Gasteiger partial charge in [0.15, 0.2) is 5.78 Å². The molecule has 0 unspecified atom stereocenters. The first-order valence-electron chi connectivity index (χ1n) is 5.46. The molecule has 1 aromatic carbocycles. The van der Waals surface area contributed by atoms with Crippen LogP contribution in [-0.2, 0) is 6.54 Å². The third-order valence-electron chi connectivity index (χ3n) is 2.43. The number of rotatable bonds is 2. The van der Waals surface area contributed by atoms with Gasteiger partial charge in [0.05, 0.1) is 6.54 Å². The SMILES string of the molecule is CC(=O)c1ccn(CC#Cc2ccccc2)c1. The van der Waals surface area contributed by atoms with Crippen LogP contribution in [-0.4, -0.2) is 10.4 Å². The third kappa shape index (κ3) is 3.09. The topological polar surface area (TPSA) is 22.0 Å². The lowest BCUT2D eigenvalue weighted by Gasteiger charge is -1.93. The number of hydrogen-bond acceptors (Lipinski definition) is 1. The average Bonchev–Trinajstić information content (AvgIpc) is 2.79. The first-order valence-corrected chi connectivity index (χ1v) is 5.46. The van der Waals surface area contributed by atoms with Gasteiger partial charge in [-0.25, -0.2) is 0 Å². The molecule has 0 saturated heterocycles. The van der Waals surface area contributed by atoms with E-state index in [0.29, 0.717) is 6.54 Å². The summed E-state index contributed by atoms with van der Waals surface area (Å²) in [5.41, 5.74) is 1.73. The van der Waals surface area contributed by atoms with E-state index in [4.69, 9.17) is 0 Å². The molecule has 0 amide bonds. The van der Waals surface area contributed by atoms with Crippen molar-refractivity contribution < 1.29 is 4.79 Å². The number of nitrogens with zero attached hydrogens (tertiary/aromatic N) is 1. The lowest BCUT2D eigenvalue weighted by Crippen LogP contribution is -1.92. The van der Waals surface area contributed by atoms with Crippen LogP contribution in [0.15, 0.2) is 48.8 Å². The van der Waals surface area contributed by atoms with Crippen LogP contribution in [0.1, 0.15) is 22.8 Å². The van der Waals surface area contributed by atoms with Crippen molar-refractivity contribution in [2.24, 2.45) is 0 Å². The Morgan fingerprint density at radius 2 is 2.00 bits per heavy atom. The summed E-state index contributed by atoms with van der Waals surface area (Å²) in [6.45, 7) is 2.16. The average molecular weight is 223 g/mol. The summed E-state index contributed by atoms with van der Waals surface area (Å²) in [7, 11) is 0. The van der Waals surface area contributed by atoms with Gasteiger partial charge >= 0.3 is 0 Å². The molecule has 0 bridgehead atoms. The molecule has 2 aromatic rings. The summed E-state index contributed by atoms with van der Waals surface area (Å²) in [5, 5.41) is 0. The predicted molar refractivity (Wildman–Crippen MR) is 67.8 cm³/mol. The molecule has 2 rings (SSSR count). The summed E-state index contributed by atoms with van der Waals surface area (Å²) in [6, 6.07) is 11.7. The highest BCUT2D eigenvalue weighted by Gasteiger charge is 1.99. The highest BCUT2D eigenvalue weighted by Crippen LogP contribution is 2.01. The van der Waals surface area contributed by atoms with Crippen LogP contribution in [0.3, 0.4) is 0 Å². The van der Waals surface area contributed by atoms with Gasteiger partial charge in [0.25, 0.3) is 0 Å². The summed E-state index contributed by atoms with van der Waals surface area (Å²) in [6.07, 6.45) is 3.69. The van der Waals surface area contributed by atoms with E-state index in [1.807, 2.05) is 53.4 Å². The van der Waals surface area contributed by atoms with Crippen molar-refractivity contribution in [1.29, 1.82) is 0 Å². The Morgan fingerprint density at radius 1 is 1.24 bits per heavy atom. The van der Waals surface area contributed by atoms with Gasteiger partial charge in [-0.15, -0.1) is 0 Å². The normalized spacial score (nSPS) is 9.47. The fourth-order valence-electron chi connectivity index (χ4n) is 1.50. The van der Waals surface area contributed by atoms with Crippen molar-refractivity contribution in [1.82, 2.24) is 4.57 Å². The molecule has 2 nitrogen and oxygen atoms in total. The van der Waals surface area contributed by atoms with Crippen LogP contribution in [0.4, 0.5) is 0 Å². The fourth-order valence-corrected chi connectivity index (χ4v) is 1.50. The molecule has 2 heteroatoms. The number of benzene rings is 1. The molecule has 0 aliphatic rings. The second-order valence-corrected chi connectivity index (χ2v) is 3.80. The Kier molecular flexibility index (Phi) is 3.42. The van der Waals surface area contributed by atoms with E-state index in [2.05, 4.69) is 11.8 Å². The molecule has 0 aliphatic carbocycles. The van der Waals surface area contributed by atoms with Crippen LogP contribution in [0.2, 0.25) is 0 Å². The molecule has 1 aromatic heterocycles. The molecular formula is C15H13NO. The van der Waals surface area contributed by atoms with Crippen molar-refractivity contribution in [2.45, 2.75) is 13.5 Å². The number of ketones is 1. The minimum Gasteiger partial charge on any atom is -0.342 e. The number of Topliss-reactive ketones (excluding diaryl/α,β-unsaturated/α-hetero) is 1. The monoisotopic (exact) mass is 223 g/mol. The molecule has 1 heterocycles. The van der Waals surface area contributed by atoms with Gasteiger partial charge in [-0.3, -0.25) is 4.79 Å². The lowest BCUT2D eigenvalue weighted by atomic mass is 10.2. The zero-order valence-corrected chi connectivity index (χ0v) is 9.68. The Bertz CT molecular complexity index is 570. The number of hydrogen-bond donors (Lipinski definition) is 0. The van der Waals surface area contributed by atoms with E-state index in [9.17, 15) is 4.79 Å². The highest BCUT2D eigenvalue weighted by atomic mass is 16.1. The molecule has 17 heavy (non-hydrogen) atoms. The maximum absolute atomic E-state index is 11.1. The van der Waals surface area contributed by atoms with Gasteiger partial charge in [-0.2, -0.15) is 0 Å². The standard InChI is InChI=1S/C15H13NO/c1-13(17)15-9-11-16(12-15)10-5-8-14-6-3-2-4-7-14/h2-4,6-7,9,11-12H,10H2,1H3. The van der Waals surface area contributed by atoms with E-state index in [0.717, 1.165) is 11.1 Å². The van der Waals surface area contributed by atoms with Gasteiger partial charge in [0.2, 0.25) is 0 Å². The van der Waals surface area contributed by atoms with E-state index in [-0.39, 0.29) is 5.78 Å². The first-order chi connectivity index (χ1) is 8.25. The van der Waals surface area contributed by atoms with Crippen molar-refractivity contribution in [3.05, 3.63) is 59.9 Å². The fraction of sp³-hybridized carbons (Fsp3) is 0.133. The van der Waals surface area contributed by atoms with Gasteiger partial charge in [0, 0.05) is 23.5 Å². The summed E-state index contributed by atoms with van der Waals surface area (Å²) in [4.78, 5) is 11.1. The summed E-state index contributed by atoms with van der Waals surface area (Å²) >= 11 is 0. The Hall–Kier alpha value is -2.27. The molecule has 0 N–H and O–H groups in total. The van der Waals surface area contributed by atoms with Crippen molar-refractivity contribution in [2.75, 3.05) is 0 Å². The number of aromatic nitrogens is 1. The molecule has 0 atom stereocenters. The quantitative estimate of drug-likeness (QED) is 0.566. The summed E-state index contributed by atoms with van der Waals surface area (Å²) < 4.78 is 1.91. The predicted octanol–water partition coefficient (Wildman–Crippen LogP) is 2.74. The van der Waals surface area contributed by atoms with E-state index >= 15 is 0 Å². The molecule has 0 radical (unpaired) electrons. The van der Waals surface area contributed by atoms with Crippen molar-refractivity contribution >= 4 is 5.78 Å². The minimum absolute atomic E-state index is 0.0831. The summed E-state index contributed by atoms with van der Waals surface area (Å²) in [5.74, 6) is 6.23. The van der Waals surface area contributed by atoms with Crippen LogP contribution < -0.4 is 0 Å². The molecular weight excluding hydrogens is 210 g/mol. The van der Waals surface area contributed by atoms with Gasteiger partial charge in [-0.1, -0.05) is 30.0 Å². The van der Waals surface area contributed by atoms with Crippen LogP contribution >= 0.6 is 0 Å². The van der Waals surface area contributed by atoms with Gasteiger partial charge in [-0.05, 0) is 25.1 Å². The zero-order valence-electron chi connectivity index (χ0n) is 9.68. The van der Waals surface area contributed by atoms with Gasteiger partial charge in [0.1, 0.15) is 0 Å². The van der Waals surface area contributed by atoms with E-state index < -0.39 is 0 Å². The Morgan fingerprint density at radius 3 is 2.65 bits per heavy atom. The maximum atomic E-state index is 11.1. The second kappa shape index (κ2) is 5.18. The third-order valence-corrected chi connectivity index (χ3v) is 2.43. The van der Waals surface area contributed by atoms with E-state index in [1.54, 1.807) is 6.92 Å². The molecule has 0 fully saturated rings. The lowest BCUT2D eigenvalue weighted by molar-refractivity contribution is 0.101. The molecule has 0 aliphatic heterocycles. The first kappa shape index (κ1) is 11.2. The highest BCUT2D eigenvalue weighted by molar-refractivity contribution is 5.93. The second-order valence-electron chi connectivity index (χ2n) is 3.80. The van der Waals surface area contributed by atoms with Gasteiger partial charge < -0.3 is 4.57 Å². The molecule has 0 saturated carbocycles. The van der Waals surface area contributed by atoms with Crippen LogP contribution in [0.25, 0.3) is 0 Å². The molecule has 0 spiro atoms. The van der Waals surface area contributed by atoms with Crippen LogP contribution in [0, 0.1) is 11.8 Å². The minimum atomic E-state index is 0.0831.